The molecule has 1 heterocycles. The fourth-order valence-electron chi connectivity index (χ4n) is 2.52. The van der Waals surface area contributed by atoms with Crippen molar-refractivity contribution in [1.82, 2.24) is 10.2 Å². The van der Waals surface area contributed by atoms with Crippen LogP contribution in [0.3, 0.4) is 0 Å². The zero-order valence-electron chi connectivity index (χ0n) is 11.5. The van der Waals surface area contributed by atoms with Gasteiger partial charge >= 0.3 is 0 Å². The van der Waals surface area contributed by atoms with E-state index in [-0.39, 0.29) is 0 Å². The number of likely N-dealkylation sites (tertiary alicyclic amines) is 1. The summed E-state index contributed by atoms with van der Waals surface area (Å²) in [5.74, 6) is 0.814. The normalized spacial score (nSPS) is 19.5. The number of nitrogens with one attached hydrogen (secondary N) is 1. The van der Waals surface area contributed by atoms with Crippen molar-refractivity contribution in [3.05, 3.63) is 0 Å². The van der Waals surface area contributed by atoms with Gasteiger partial charge < -0.3 is 10.2 Å². The second-order valence-corrected chi connectivity index (χ2v) is 5.63. The topological polar surface area (TPSA) is 15.3 Å². The van der Waals surface area contributed by atoms with Crippen LogP contribution < -0.4 is 5.32 Å². The van der Waals surface area contributed by atoms with Crippen molar-refractivity contribution < 1.29 is 0 Å². The Labute approximate surface area is 102 Å². The van der Waals surface area contributed by atoms with Gasteiger partial charge in [0.25, 0.3) is 0 Å². The molecule has 2 nitrogen and oxygen atoms in total. The molecule has 1 rings (SSSR count). The molecule has 1 N–H and O–H groups in total. The Morgan fingerprint density at radius 3 is 2.44 bits per heavy atom. The van der Waals surface area contributed by atoms with Crippen molar-refractivity contribution in [2.24, 2.45) is 5.92 Å². The van der Waals surface area contributed by atoms with E-state index < -0.39 is 0 Å². The molecule has 0 aromatic rings. The number of hydrogen-bond acceptors (Lipinski definition) is 2. The molecule has 1 aliphatic heterocycles. The Morgan fingerprint density at radius 2 is 1.88 bits per heavy atom. The van der Waals surface area contributed by atoms with Gasteiger partial charge in [-0.2, -0.15) is 0 Å². The molecule has 0 unspecified atom stereocenters. The third kappa shape index (κ3) is 5.86. The van der Waals surface area contributed by atoms with Crippen molar-refractivity contribution in [3.63, 3.8) is 0 Å². The van der Waals surface area contributed by atoms with E-state index in [1.807, 2.05) is 0 Å². The molecule has 1 fully saturated rings. The fourth-order valence-corrected chi connectivity index (χ4v) is 2.52. The second kappa shape index (κ2) is 8.08. The van der Waals surface area contributed by atoms with Gasteiger partial charge in [-0.1, -0.05) is 33.6 Å². The lowest BCUT2D eigenvalue weighted by molar-refractivity contribution is 0.180. The van der Waals surface area contributed by atoms with Gasteiger partial charge in [-0.25, -0.2) is 0 Å². The van der Waals surface area contributed by atoms with Gasteiger partial charge in [-0.05, 0) is 44.8 Å². The standard InChI is InChI=1S/C14H30N2/c1-4-5-6-9-15-14-7-10-16(11-8-14)12-13(2)3/h13-15H,4-12H2,1-3H3. The maximum Gasteiger partial charge on any atom is 0.00914 e. The number of unbranched alkanes of at least 4 members (excludes halogenated alkanes) is 2. The highest BCUT2D eigenvalue weighted by Gasteiger charge is 2.18. The Morgan fingerprint density at radius 1 is 1.19 bits per heavy atom. The average molecular weight is 226 g/mol. The van der Waals surface area contributed by atoms with Gasteiger partial charge in [0.1, 0.15) is 0 Å². The first kappa shape index (κ1) is 14.0. The lowest BCUT2D eigenvalue weighted by Crippen LogP contribution is -2.43. The maximum absolute atomic E-state index is 3.70. The third-order valence-corrected chi connectivity index (χ3v) is 3.42. The van der Waals surface area contributed by atoms with Gasteiger partial charge in [0.2, 0.25) is 0 Å². The van der Waals surface area contributed by atoms with Crippen LogP contribution in [0.4, 0.5) is 0 Å². The first-order chi connectivity index (χ1) is 7.72. The molecule has 0 saturated carbocycles. The smallest absolute Gasteiger partial charge is 0.00914 e. The molecule has 96 valence electrons. The molecular weight excluding hydrogens is 196 g/mol. The minimum atomic E-state index is 0.792. The summed E-state index contributed by atoms with van der Waals surface area (Å²) >= 11 is 0. The number of hydrogen-bond donors (Lipinski definition) is 1. The summed E-state index contributed by atoms with van der Waals surface area (Å²) in [4.78, 5) is 2.62. The van der Waals surface area contributed by atoms with Crippen molar-refractivity contribution in [3.8, 4) is 0 Å². The molecule has 16 heavy (non-hydrogen) atoms. The average Bonchev–Trinajstić information content (AvgIpc) is 2.26. The predicted octanol–water partition coefficient (Wildman–Crippen LogP) is 2.89. The van der Waals surface area contributed by atoms with Crippen LogP contribution in [0.15, 0.2) is 0 Å². The second-order valence-electron chi connectivity index (χ2n) is 5.63. The van der Waals surface area contributed by atoms with Gasteiger partial charge in [0.15, 0.2) is 0 Å². The summed E-state index contributed by atoms with van der Waals surface area (Å²) in [6.07, 6.45) is 6.74. The molecule has 0 aromatic heterocycles. The summed E-state index contributed by atoms with van der Waals surface area (Å²) in [5.41, 5.74) is 0. The fraction of sp³-hybridized carbons (Fsp3) is 1.00. The van der Waals surface area contributed by atoms with E-state index >= 15 is 0 Å². The Kier molecular flexibility index (Phi) is 7.06. The van der Waals surface area contributed by atoms with Crippen LogP contribution in [0, 0.1) is 5.92 Å². The maximum atomic E-state index is 3.70. The van der Waals surface area contributed by atoms with Gasteiger partial charge in [-0.3, -0.25) is 0 Å². The van der Waals surface area contributed by atoms with Crippen molar-refractivity contribution in [1.29, 1.82) is 0 Å². The largest absolute Gasteiger partial charge is 0.314 e. The Bertz CT molecular complexity index is 160. The zero-order chi connectivity index (χ0) is 11.8. The lowest BCUT2D eigenvalue weighted by atomic mass is 10.0. The van der Waals surface area contributed by atoms with E-state index in [9.17, 15) is 0 Å². The van der Waals surface area contributed by atoms with Crippen LogP contribution in [-0.4, -0.2) is 37.1 Å². The summed E-state index contributed by atoms with van der Waals surface area (Å²) < 4.78 is 0. The molecule has 0 aromatic carbocycles. The Hall–Kier alpha value is -0.0800. The van der Waals surface area contributed by atoms with Crippen LogP contribution in [0.25, 0.3) is 0 Å². The number of nitrogens with zero attached hydrogens (tertiary/aromatic N) is 1. The van der Waals surface area contributed by atoms with Crippen LogP contribution in [-0.2, 0) is 0 Å². The molecule has 0 atom stereocenters. The molecule has 0 radical (unpaired) electrons. The SMILES string of the molecule is CCCCCNC1CCN(CC(C)C)CC1. The zero-order valence-corrected chi connectivity index (χ0v) is 11.5. The summed E-state index contributed by atoms with van der Waals surface area (Å²) in [6.45, 7) is 12.0. The monoisotopic (exact) mass is 226 g/mol. The van der Waals surface area contributed by atoms with E-state index in [4.69, 9.17) is 0 Å². The van der Waals surface area contributed by atoms with E-state index in [0.717, 1.165) is 12.0 Å². The molecule has 0 aliphatic carbocycles. The van der Waals surface area contributed by atoms with E-state index in [0.29, 0.717) is 0 Å². The molecular formula is C14H30N2. The molecule has 1 aliphatic rings. The van der Waals surface area contributed by atoms with Crippen LogP contribution in [0.1, 0.15) is 52.9 Å². The highest BCUT2D eigenvalue weighted by molar-refractivity contribution is 4.77. The lowest BCUT2D eigenvalue weighted by Gasteiger charge is -2.33. The Balaban J connectivity index is 2.03. The highest BCUT2D eigenvalue weighted by atomic mass is 15.1. The first-order valence-corrected chi connectivity index (χ1v) is 7.18. The molecule has 0 bridgehead atoms. The third-order valence-electron chi connectivity index (χ3n) is 3.42. The number of piperidine rings is 1. The highest BCUT2D eigenvalue weighted by Crippen LogP contribution is 2.12. The minimum absolute atomic E-state index is 0.792. The van der Waals surface area contributed by atoms with Crippen molar-refractivity contribution >= 4 is 0 Å². The van der Waals surface area contributed by atoms with Crippen LogP contribution in [0.2, 0.25) is 0 Å². The van der Waals surface area contributed by atoms with Crippen LogP contribution in [0.5, 0.6) is 0 Å². The van der Waals surface area contributed by atoms with Crippen molar-refractivity contribution in [2.45, 2.75) is 58.9 Å². The van der Waals surface area contributed by atoms with Gasteiger partial charge in [0, 0.05) is 12.6 Å². The van der Waals surface area contributed by atoms with Gasteiger partial charge in [0.05, 0.1) is 0 Å². The van der Waals surface area contributed by atoms with Gasteiger partial charge in [-0.15, -0.1) is 0 Å². The van der Waals surface area contributed by atoms with E-state index in [1.165, 1.54) is 58.3 Å². The molecule has 1 saturated heterocycles. The molecule has 2 heteroatoms. The summed E-state index contributed by atoms with van der Waals surface area (Å²) in [5, 5.41) is 3.70. The predicted molar refractivity (Wildman–Crippen MR) is 71.8 cm³/mol. The summed E-state index contributed by atoms with van der Waals surface area (Å²) in [7, 11) is 0. The first-order valence-electron chi connectivity index (χ1n) is 7.18. The summed E-state index contributed by atoms with van der Waals surface area (Å²) in [6, 6.07) is 0.792. The van der Waals surface area contributed by atoms with Crippen molar-refractivity contribution in [2.75, 3.05) is 26.2 Å². The molecule has 0 amide bonds. The molecule has 0 spiro atoms. The minimum Gasteiger partial charge on any atom is -0.314 e. The quantitative estimate of drug-likeness (QED) is 0.672. The van der Waals surface area contributed by atoms with E-state index in [2.05, 4.69) is 31.0 Å². The van der Waals surface area contributed by atoms with E-state index in [1.54, 1.807) is 0 Å². The number of rotatable bonds is 7. The van der Waals surface area contributed by atoms with Crippen LogP contribution >= 0.6 is 0 Å².